The summed E-state index contributed by atoms with van der Waals surface area (Å²) < 4.78 is 4.87. The van der Waals surface area contributed by atoms with Crippen LogP contribution in [0.2, 0.25) is 0 Å². The molecule has 3 heteroatoms. The standard InChI is InChI=1S/C6H6N2O/c1-2-6-5(3-7)8-4-9-6/h4H,2H2,1H3. The van der Waals surface area contributed by atoms with Crippen LogP contribution in [0.3, 0.4) is 0 Å². The number of aromatic nitrogens is 1. The van der Waals surface area contributed by atoms with Crippen LogP contribution < -0.4 is 0 Å². The van der Waals surface area contributed by atoms with Gasteiger partial charge in [0.25, 0.3) is 0 Å². The molecule has 0 atom stereocenters. The van der Waals surface area contributed by atoms with Gasteiger partial charge < -0.3 is 4.42 Å². The summed E-state index contributed by atoms with van der Waals surface area (Å²) >= 11 is 0. The first-order valence-corrected chi connectivity index (χ1v) is 2.71. The topological polar surface area (TPSA) is 49.8 Å². The highest BCUT2D eigenvalue weighted by Crippen LogP contribution is 2.04. The number of oxazole rings is 1. The molecule has 9 heavy (non-hydrogen) atoms. The first-order chi connectivity index (χ1) is 4.38. The predicted octanol–water partition coefficient (Wildman–Crippen LogP) is 1.11. The molecule has 0 radical (unpaired) electrons. The zero-order valence-electron chi connectivity index (χ0n) is 5.09. The maximum absolute atomic E-state index is 8.37. The summed E-state index contributed by atoms with van der Waals surface area (Å²) in [5.74, 6) is 0.664. The van der Waals surface area contributed by atoms with Crippen LogP contribution in [-0.2, 0) is 6.42 Å². The number of rotatable bonds is 1. The summed E-state index contributed by atoms with van der Waals surface area (Å²) in [6.07, 6.45) is 2.01. The Bertz CT molecular complexity index is 233. The number of nitriles is 1. The molecule has 0 amide bonds. The van der Waals surface area contributed by atoms with Crippen molar-refractivity contribution in [3.8, 4) is 6.07 Å². The molecule has 0 aliphatic heterocycles. The van der Waals surface area contributed by atoms with Crippen molar-refractivity contribution in [2.45, 2.75) is 13.3 Å². The summed E-state index contributed by atoms with van der Waals surface area (Å²) in [7, 11) is 0. The molecule has 0 N–H and O–H groups in total. The average Bonchev–Trinajstić information content (AvgIpc) is 2.33. The second kappa shape index (κ2) is 2.31. The van der Waals surface area contributed by atoms with E-state index in [1.54, 1.807) is 0 Å². The molecule has 1 rings (SSSR count). The molecule has 0 saturated heterocycles. The third-order valence-electron chi connectivity index (χ3n) is 1.07. The van der Waals surface area contributed by atoms with Gasteiger partial charge in [0, 0.05) is 6.42 Å². The first-order valence-electron chi connectivity index (χ1n) is 2.71. The van der Waals surface area contributed by atoms with E-state index in [-0.39, 0.29) is 0 Å². The van der Waals surface area contributed by atoms with E-state index in [0.717, 1.165) is 6.42 Å². The van der Waals surface area contributed by atoms with Crippen LogP contribution in [0.5, 0.6) is 0 Å². The summed E-state index contributed by atoms with van der Waals surface area (Å²) in [6.45, 7) is 1.92. The Labute approximate surface area is 52.9 Å². The molecule has 0 bridgehead atoms. The van der Waals surface area contributed by atoms with Gasteiger partial charge in [-0.15, -0.1) is 0 Å². The van der Waals surface area contributed by atoms with Gasteiger partial charge in [0.2, 0.25) is 0 Å². The molecule has 0 saturated carbocycles. The number of nitrogens with zero attached hydrogens (tertiary/aromatic N) is 2. The van der Waals surface area contributed by atoms with Crippen LogP contribution in [0.15, 0.2) is 10.8 Å². The minimum atomic E-state index is 0.400. The van der Waals surface area contributed by atoms with Crippen molar-refractivity contribution >= 4 is 0 Å². The highest BCUT2D eigenvalue weighted by Gasteiger charge is 2.02. The molecule has 3 nitrogen and oxygen atoms in total. The molecule has 1 aromatic rings. The Kier molecular flexibility index (Phi) is 1.50. The van der Waals surface area contributed by atoms with Gasteiger partial charge in [0.1, 0.15) is 11.8 Å². The molecule has 46 valence electrons. The van der Waals surface area contributed by atoms with E-state index in [2.05, 4.69) is 4.98 Å². The van der Waals surface area contributed by atoms with Gasteiger partial charge in [-0.1, -0.05) is 6.92 Å². The largest absolute Gasteiger partial charge is 0.447 e. The smallest absolute Gasteiger partial charge is 0.182 e. The summed E-state index contributed by atoms with van der Waals surface area (Å²) in [5.41, 5.74) is 0.400. The van der Waals surface area contributed by atoms with E-state index in [4.69, 9.17) is 9.68 Å². The minimum Gasteiger partial charge on any atom is -0.447 e. The lowest BCUT2D eigenvalue weighted by atomic mass is 10.3. The molecule has 0 aliphatic carbocycles. The maximum Gasteiger partial charge on any atom is 0.182 e. The third kappa shape index (κ3) is 0.918. The molecule has 0 fully saturated rings. The van der Waals surface area contributed by atoms with Crippen LogP contribution in [0.25, 0.3) is 0 Å². The fourth-order valence-electron chi connectivity index (χ4n) is 0.612. The molecule has 0 spiro atoms. The molecular weight excluding hydrogens is 116 g/mol. The zero-order chi connectivity index (χ0) is 6.69. The van der Waals surface area contributed by atoms with E-state index in [9.17, 15) is 0 Å². The number of hydrogen-bond donors (Lipinski definition) is 0. The summed E-state index contributed by atoms with van der Waals surface area (Å²) in [6, 6.07) is 1.92. The Balaban J connectivity index is 3.02. The van der Waals surface area contributed by atoms with Gasteiger partial charge in [0.15, 0.2) is 12.1 Å². The van der Waals surface area contributed by atoms with Gasteiger partial charge in [0.05, 0.1) is 0 Å². The fraction of sp³-hybridized carbons (Fsp3) is 0.333. The second-order valence-corrected chi connectivity index (χ2v) is 1.59. The van der Waals surface area contributed by atoms with Crippen molar-refractivity contribution in [2.24, 2.45) is 0 Å². The lowest BCUT2D eigenvalue weighted by molar-refractivity contribution is 0.509. The Morgan fingerprint density at radius 3 is 3.11 bits per heavy atom. The lowest BCUT2D eigenvalue weighted by Crippen LogP contribution is -1.80. The van der Waals surface area contributed by atoms with Gasteiger partial charge in [-0.3, -0.25) is 0 Å². The Morgan fingerprint density at radius 1 is 1.89 bits per heavy atom. The van der Waals surface area contributed by atoms with E-state index < -0.39 is 0 Å². The van der Waals surface area contributed by atoms with Crippen LogP contribution in [0.4, 0.5) is 0 Å². The molecule has 1 aromatic heterocycles. The highest BCUT2D eigenvalue weighted by atomic mass is 16.3. The highest BCUT2D eigenvalue weighted by molar-refractivity contribution is 5.22. The monoisotopic (exact) mass is 122 g/mol. The Hall–Kier alpha value is -1.30. The van der Waals surface area contributed by atoms with Crippen LogP contribution in [0, 0.1) is 11.3 Å². The molecule has 1 heterocycles. The van der Waals surface area contributed by atoms with Crippen molar-refractivity contribution in [3.05, 3.63) is 17.8 Å². The Morgan fingerprint density at radius 2 is 2.67 bits per heavy atom. The predicted molar refractivity (Wildman–Crippen MR) is 30.6 cm³/mol. The van der Waals surface area contributed by atoms with Crippen molar-refractivity contribution in [1.82, 2.24) is 4.98 Å². The minimum absolute atomic E-state index is 0.400. The van der Waals surface area contributed by atoms with E-state index in [1.165, 1.54) is 6.39 Å². The molecule has 0 aromatic carbocycles. The number of hydrogen-bond acceptors (Lipinski definition) is 3. The lowest BCUT2D eigenvalue weighted by Gasteiger charge is -1.82. The van der Waals surface area contributed by atoms with Crippen molar-refractivity contribution < 1.29 is 4.42 Å². The molecule has 0 unspecified atom stereocenters. The van der Waals surface area contributed by atoms with Crippen molar-refractivity contribution in [1.29, 1.82) is 5.26 Å². The normalized spacial score (nSPS) is 8.89. The SMILES string of the molecule is CCc1ocnc1C#N. The fourth-order valence-corrected chi connectivity index (χ4v) is 0.612. The molecule has 0 aliphatic rings. The van der Waals surface area contributed by atoms with Gasteiger partial charge in [-0.25, -0.2) is 4.98 Å². The van der Waals surface area contributed by atoms with Gasteiger partial charge in [-0.05, 0) is 0 Å². The van der Waals surface area contributed by atoms with E-state index in [0.29, 0.717) is 11.5 Å². The van der Waals surface area contributed by atoms with Crippen molar-refractivity contribution in [2.75, 3.05) is 0 Å². The second-order valence-electron chi connectivity index (χ2n) is 1.59. The van der Waals surface area contributed by atoms with Crippen molar-refractivity contribution in [3.63, 3.8) is 0 Å². The summed E-state index contributed by atoms with van der Waals surface area (Å²) in [4.78, 5) is 3.68. The van der Waals surface area contributed by atoms with Crippen LogP contribution >= 0.6 is 0 Å². The zero-order valence-corrected chi connectivity index (χ0v) is 5.09. The van der Waals surface area contributed by atoms with E-state index >= 15 is 0 Å². The van der Waals surface area contributed by atoms with E-state index in [1.807, 2.05) is 13.0 Å². The number of aryl methyl sites for hydroxylation is 1. The van der Waals surface area contributed by atoms with Crippen LogP contribution in [0.1, 0.15) is 18.4 Å². The van der Waals surface area contributed by atoms with Crippen LogP contribution in [-0.4, -0.2) is 4.98 Å². The van der Waals surface area contributed by atoms with Gasteiger partial charge >= 0.3 is 0 Å². The quantitative estimate of drug-likeness (QED) is 0.560. The summed E-state index contributed by atoms with van der Waals surface area (Å²) in [5, 5.41) is 8.37. The molecular formula is C6H6N2O. The first kappa shape index (κ1) is 5.83. The van der Waals surface area contributed by atoms with Gasteiger partial charge in [-0.2, -0.15) is 5.26 Å². The third-order valence-corrected chi connectivity index (χ3v) is 1.07. The maximum atomic E-state index is 8.37. The average molecular weight is 122 g/mol.